The van der Waals surface area contributed by atoms with Gasteiger partial charge in [0.2, 0.25) is 0 Å². The SMILES string of the molecule is N#CCC(O)c1cc2ccccc2s1. The van der Waals surface area contributed by atoms with Gasteiger partial charge in [-0.2, -0.15) is 5.26 Å². The maximum Gasteiger partial charge on any atom is 0.101 e. The predicted molar refractivity (Wildman–Crippen MR) is 57.0 cm³/mol. The largest absolute Gasteiger partial charge is 0.386 e. The summed E-state index contributed by atoms with van der Waals surface area (Å²) >= 11 is 1.54. The van der Waals surface area contributed by atoms with Crippen LogP contribution < -0.4 is 0 Å². The first-order valence-electron chi connectivity index (χ1n) is 4.35. The summed E-state index contributed by atoms with van der Waals surface area (Å²) in [7, 11) is 0. The lowest BCUT2D eigenvalue weighted by molar-refractivity contribution is 0.187. The van der Waals surface area contributed by atoms with E-state index in [4.69, 9.17) is 5.26 Å². The van der Waals surface area contributed by atoms with E-state index in [2.05, 4.69) is 0 Å². The molecule has 1 aromatic heterocycles. The molecule has 0 amide bonds. The van der Waals surface area contributed by atoms with Crippen molar-refractivity contribution in [3.63, 3.8) is 0 Å². The second-order valence-electron chi connectivity index (χ2n) is 3.06. The fourth-order valence-corrected chi connectivity index (χ4v) is 2.40. The van der Waals surface area contributed by atoms with Crippen LogP contribution in [0.25, 0.3) is 10.1 Å². The Labute approximate surface area is 86.0 Å². The molecule has 0 radical (unpaired) electrons. The van der Waals surface area contributed by atoms with Crippen molar-refractivity contribution in [2.45, 2.75) is 12.5 Å². The van der Waals surface area contributed by atoms with Crippen LogP contribution in [-0.4, -0.2) is 5.11 Å². The van der Waals surface area contributed by atoms with Crippen LogP contribution in [-0.2, 0) is 0 Å². The van der Waals surface area contributed by atoms with Crippen LogP contribution in [0.1, 0.15) is 17.4 Å². The molecule has 1 unspecified atom stereocenters. The summed E-state index contributed by atoms with van der Waals surface area (Å²) < 4.78 is 1.15. The summed E-state index contributed by atoms with van der Waals surface area (Å²) in [6.07, 6.45) is -0.482. The number of hydrogen-bond donors (Lipinski definition) is 1. The molecule has 0 aliphatic rings. The number of benzene rings is 1. The molecule has 1 atom stereocenters. The quantitative estimate of drug-likeness (QED) is 0.815. The van der Waals surface area contributed by atoms with Crippen LogP contribution in [0.2, 0.25) is 0 Å². The van der Waals surface area contributed by atoms with Crippen molar-refractivity contribution >= 4 is 21.4 Å². The van der Waals surface area contributed by atoms with E-state index in [1.54, 1.807) is 11.3 Å². The minimum atomic E-state index is -0.641. The first-order valence-corrected chi connectivity index (χ1v) is 5.16. The Morgan fingerprint density at radius 1 is 1.43 bits per heavy atom. The molecule has 0 saturated heterocycles. The fourth-order valence-electron chi connectivity index (χ4n) is 1.35. The molecule has 2 rings (SSSR count). The van der Waals surface area contributed by atoms with Crippen molar-refractivity contribution in [2.75, 3.05) is 0 Å². The van der Waals surface area contributed by atoms with Crippen molar-refractivity contribution in [1.29, 1.82) is 5.26 Å². The number of aliphatic hydroxyl groups excluding tert-OH is 1. The summed E-state index contributed by atoms with van der Waals surface area (Å²) in [5, 5.41) is 19.2. The smallest absolute Gasteiger partial charge is 0.101 e. The molecule has 3 heteroatoms. The summed E-state index contributed by atoms with van der Waals surface area (Å²) in [5.41, 5.74) is 0. The van der Waals surface area contributed by atoms with E-state index in [1.807, 2.05) is 36.4 Å². The van der Waals surface area contributed by atoms with Gasteiger partial charge < -0.3 is 5.11 Å². The predicted octanol–water partition coefficient (Wildman–Crippen LogP) is 2.85. The lowest BCUT2D eigenvalue weighted by atomic mass is 10.2. The topological polar surface area (TPSA) is 44.0 Å². The molecule has 0 bridgehead atoms. The van der Waals surface area contributed by atoms with E-state index < -0.39 is 6.10 Å². The Morgan fingerprint density at radius 2 is 2.21 bits per heavy atom. The van der Waals surface area contributed by atoms with Gasteiger partial charge in [-0.05, 0) is 17.5 Å². The molecular weight excluding hydrogens is 194 g/mol. The maximum atomic E-state index is 9.61. The van der Waals surface area contributed by atoms with Gasteiger partial charge in [0.05, 0.1) is 12.5 Å². The molecular formula is C11H9NOS. The Hall–Kier alpha value is -1.37. The monoisotopic (exact) mass is 203 g/mol. The van der Waals surface area contributed by atoms with E-state index in [0.29, 0.717) is 0 Å². The third-order valence-electron chi connectivity index (χ3n) is 2.06. The van der Waals surface area contributed by atoms with Gasteiger partial charge in [0, 0.05) is 9.58 Å². The van der Waals surface area contributed by atoms with Gasteiger partial charge in [0.15, 0.2) is 0 Å². The highest BCUT2D eigenvalue weighted by molar-refractivity contribution is 7.19. The minimum absolute atomic E-state index is 0.160. The van der Waals surface area contributed by atoms with Crippen LogP contribution in [0, 0.1) is 11.3 Å². The van der Waals surface area contributed by atoms with E-state index in [0.717, 1.165) is 15.0 Å². The van der Waals surface area contributed by atoms with E-state index in [9.17, 15) is 5.11 Å². The van der Waals surface area contributed by atoms with Crippen molar-refractivity contribution in [2.24, 2.45) is 0 Å². The Balaban J connectivity index is 2.41. The molecule has 0 aliphatic heterocycles. The van der Waals surface area contributed by atoms with Crippen LogP contribution in [0.3, 0.4) is 0 Å². The molecule has 0 spiro atoms. The van der Waals surface area contributed by atoms with Gasteiger partial charge in [-0.25, -0.2) is 0 Å². The summed E-state index contributed by atoms with van der Waals surface area (Å²) in [6, 6.07) is 11.9. The van der Waals surface area contributed by atoms with Gasteiger partial charge in [-0.1, -0.05) is 18.2 Å². The van der Waals surface area contributed by atoms with Crippen LogP contribution >= 0.6 is 11.3 Å². The van der Waals surface area contributed by atoms with Crippen molar-refractivity contribution < 1.29 is 5.11 Å². The molecule has 1 heterocycles. The van der Waals surface area contributed by atoms with Gasteiger partial charge in [0.1, 0.15) is 6.10 Å². The molecule has 2 nitrogen and oxygen atoms in total. The van der Waals surface area contributed by atoms with Gasteiger partial charge in [0.25, 0.3) is 0 Å². The van der Waals surface area contributed by atoms with E-state index >= 15 is 0 Å². The van der Waals surface area contributed by atoms with Crippen LogP contribution in [0.15, 0.2) is 30.3 Å². The lowest BCUT2D eigenvalue weighted by Gasteiger charge is -2.00. The third kappa shape index (κ3) is 1.63. The molecule has 2 aromatic rings. The molecule has 70 valence electrons. The van der Waals surface area contributed by atoms with Crippen molar-refractivity contribution in [1.82, 2.24) is 0 Å². The highest BCUT2D eigenvalue weighted by Crippen LogP contribution is 2.30. The standard InChI is InChI=1S/C11H9NOS/c12-6-5-9(13)11-7-8-3-1-2-4-10(8)14-11/h1-4,7,9,13H,5H2. The maximum absolute atomic E-state index is 9.61. The Kier molecular flexibility index (Phi) is 2.49. The first kappa shape index (κ1) is 9.20. The second kappa shape index (κ2) is 3.79. The van der Waals surface area contributed by atoms with Crippen molar-refractivity contribution in [3.05, 3.63) is 35.2 Å². The van der Waals surface area contributed by atoms with Gasteiger partial charge in [-0.3, -0.25) is 0 Å². The average molecular weight is 203 g/mol. The van der Waals surface area contributed by atoms with Gasteiger partial charge >= 0.3 is 0 Å². The molecule has 0 saturated carbocycles. The van der Waals surface area contributed by atoms with Gasteiger partial charge in [-0.15, -0.1) is 11.3 Å². The number of nitrogens with zero attached hydrogens (tertiary/aromatic N) is 1. The third-order valence-corrected chi connectivity index (χ3v) is 3.27. The fraction of sp³-hybridized carbons (Fsp3) is 0.182. The minimum Gasteiger partial charge on any atom is -0.386 e. The number of nitriles is 1. The number of rotatable bonds is 2. The zero-order chi connectivity index (χ0) is 9.97. The Morgan fingerprint density at radius 3 is 2.93 bits per heavy atom. The molecule has 0 fully saturated rings. The van der Waals surface area contributed by atoms with Crippen molar-refractivity contribution in [3.8, 4) is 6.07 Å². The lowest BCUT2D eigenvalue weighted by Crippen LogP contribution is -1.90. The number of thiophene rings is 1. The summed E-state index contributed by atoms with van der Waals surface area (Å²) in [6.45, 7) is 0. The molecule has 1 aromatic carbocycles. The first-order chi connectivity index (χ1) is 6.81. The molecule has 14 heavy (non-hydrogen) atoms. The van der Waals surface area contributed by atoms with Crippen LogP contribution in [0.5, 0.6) is 0 Å². The zero-order valence-electron chi connectivity index (χ0n) is 7.47. The highest BCUT2D eigenvalue weighted by atomic mass is 32.1. The highest BCUT2D eigenvalue weighted by Gasteiger charge is 2.10. The average Bonchev–Trinajstić information content (AvgIpc) is 2.61. The molecule has 0 aliphatic carbocycles. The van der Waals surface area contributed by atoms with E-state index in [-0.39, 0.29) is 6.42 Å². The number of hydrogen-bond acceptors (Lipinski definition) is 3. The summed E-state index contributed by atoms with van der Waals surface area (Å²) in [4.78, 5) is 0.868. The summed E-state index contributed by atoms with van der Waals surface area (Å²) in [5.74, 6) is 0. The molecule has 1 N–H and O–H groups in total. The number of fused-ring (bicyclic) bond motifs is 1. The Bertz CT molecular complexity index is 450. The zero-order valence-corrected chi connectivity index (χ0v) is 8.29. The second-order valence-corrected chi connectivity index (χ2v) is 4.18. The normalized spacial score (nSPS) is 12.6. The van der Waals surface area contributed by atoms with Crippen LogP contribution in [0.4, 0.5) is 0 Å². The van der Waals surface area contributed by atoms with E-state index in [1.165, 1.54) is 0 Å². The number of aliphatic hydroxyl groups is 1.